The SMILES string of the molecule is Cl.NCC1CCC(c2nc(Cc3ccccc3Cl)no2)O1. The first-order valence-corrected chi connectivity index (χ1v) is 7.05. The fourth-order valence-electron chi connectivity index (χ4n) is 2.34. The van der Waals surface area contributed by atoms with Crippen molar-refractivity contribution in [3.05, 3.63) is 46.6 Å². The van der Waals surface area contributed by atoms with Gasteiger partial charge in [0, 0.05) is 18.0 Å². The number of halogens is 2. The highest BCUT2D eigenvalue weighted by atomic mass is 35.5. The Morgan fingerprint density at radius 1 is 1.29 bits per heavy atom. The maximum absolute atomic E-state index is 6.12. The maximum Gasteiger partial charge on any atom is 0.255 e. The van der Waals surface area contributed by atoms with E-state index in [1.165, 1.54) is 0 Å². The van der Waals surface area contributed by atoms with Gasteiger partial charge in [0.2, 0.25) is 0 Å². The molecule has 1 aromatic heterocycles. The molecule has 2 atom stereocenters. The zero-order chi connectivity index (χ0) is 13.9. The predicted molar refractivity (Wildman–Crippen MR) is 81.7 cm³/mol. The van der Waals surface area contributed by atoms with E-state index in [2.05, 4.69) is 10.1 Å². The third-order valence-corrected chi connectivity index (χ3v) is 3.80. The van der Waals surface area contributed by atoms with Crippen molar-refractivity contribution in [2.45, 2.75) is 31.5 Å². The van der Waals surface area contributed by atoms with Crippen LogP contribution in [0.3, 0.4) is 0 Å². The Kier molecular flexibility index (Phi) is 5.58. The second-order valence-corrected chi connectivity index (χ2v) is 5.28. The van der Waals surface area contributed by atoms with E-state index >= 15 is 0 Å². The molecule has 2 heterocycles. The van der Waals surface area contributed by atoms with Gasteiger partial charge in [-0.1, -0.05) is 35.0 Å². The van der Waals surface area contributed by atoms with Crippen LogP contribution in [0, 0.1) is 0 Å². The molecule has 1 aromatic carbocycles. The smallest absolute Gasteiger partial charge is 0.255 e. The van der Waals surface area contributed by atoms with Crippen molar-refractivity contribution in [2.24, 2.45) is 5.73 Å². The summed E-state index contributed by atoms with van der Waals surface area (Å²) in [5.74, 6) is 1.15. The standard InChI is InChI=1S/C14H16ClN3O2.ClH/c15-11-4-2-1-3-9(11)7-13-17-14(20-18-13)12-6-5-10(8-16)19-12;/h1-4,10,12H,5-8,16H2;1H. The van der Waals surface area contributed by atoms with Crippen LogP contribution >= 0.6 is 24.0 Å². The lowest BCUT2D eigenvalue weighted by atomic mass is 10.1. The fourth-order valence-corrected chi connectivity index (χ4v) is 2.55. The highest BCUT2D eigenvalue weighted by Crippen LogP contribution is 2.31. The Hall–Kier alpha value is -1.14. The normalized spacial score (nSPS) is 21.2. The van der Waals surface area contributed by atoms with Gasteiger partial charge >= 0.3 is 0 Å². The average molecular weight is 330 g/mol. The fraction of sp³-hybridized carbons (Fsp3) is 0.429. The minimum absolute atomic E-state index is 0. The van der Waals surface area contributed by atoms with E-state index < -0.39 is 0 Å². The Bertz CT molecular complexity index is 591. The van der Waals surface area contributed by atoms with Crippen molar-refractivity contribution >= 4 is 24.0 Å². The first-order chi connectivity index (χ1) is 9.76. The quantitative estimate of drug-likeness (QED) is 0.933. The van der Waals surface area contributed by atoms with Crippen LogP contribution in [0.4, 0.5) is 0 Å². The minimum atomic E-state index is -0.129. The third kappa shape index (κ3) is 3.74. The van der Waals surface area contributed by atoms with Crippen molar-refractivity contribution in [1.82, 2.24) is 10.1 Å². The summed E-state index contributed by atoms with van der Waals surface area (Å²) in [6.45, 7) is 0.525. The summed E-state index contributed by atoms with van der Waals surface area (Å²) in [5, 5.41) is 4.70. The van der Waals surface area contributed by atoms with Gasteiger partial charge in [-0.2, -0.15) is 4.98 Å². The highest BCUT2D eigenvalue weighted by molar-refractivity contribution is 6.31. The van der Waals surface area contributed by atoms with Gasteiger partial charge in [0.15, 0.2) is 5.82 Å². The Balaban J connectivity index is 0.00000161. The molecular formula is C14H17Cl2N3O2. The summed E-state index contributed by atoms with van der Waals surface area (Å²) >= 11 is 6.12. The van der Waals surface area contributed by atoms with Crippen LogP contribution in [0.2, 0.25) is 5.02 Å². The largest absolute Gasteiger partial charge is 0.364 e. The van der Waals surface area contributed by atoms with E-state index in [9.17, 15) is 0 Å². The van der Waals surface area contributed by atoms with Gasteiger partial charge in [0.1, 0.15) is 6.10 Å². The monoisotopic (exact) mass is 329 g/mol. The van der Waals surface area contributed by atoms with Crippen LogP contribution < -0.4 is 5.73 Å². The first kappa shape index (κ1) is 16.2. The summed E-state index contributed by atoms with van der Waals surface area (Å²) in [5.41, 5.74) is 6.57. The molecule has 5 nitrogen and oxygen atoms in total. The summed E-state index contributed by atoms with van der Waals surface area (Å²) in [7, 11) is 0. The first-order valence-electron chi connectivity index (χ1n) is 6.67. The molecule has 2 N–H and O–H groups in total. The predicted octanol–water partition coefficient (Wildman–Crippen LogP) is 2.91. The summed E-state index contributed by atoms with van der Waals surface area (Å²) in [6, 6.07) is 7.64. The highest BCUT2D eigenvalue weighted by Gasteiger charge is 2.29. The van der Waals surface area contributed by atoms with E-state index in [0.717, 1.165) is 18.4 Å². The molecule has 2 unspecified atom stereocenters. The molecule has 1 fully saturated rings. The van der Waals surface area contributed by atoms with Gasteiger partial charge in [-0.3, -0.25) is 0 Å². The van der Waals surface area contributed by atoms with Gasteiger partial charge in [-0.25, -0.2) is 0 Å². The van der Waals surface area contributed by atoms with Crippen molar-refractivity contribution in [3.8, 4) is 0 Å². The number of aromatic nitrogens is 2. The molecule has 1 aliphatic rings. The number of nitrogens with two attached hydrogens (primary N) is 1. The molecule has 0 aliphatic carbocycles. The second-order valence-electron chi connectivity index (χ2n) is 4.88. The van der Waals surface area contributed by atoms with Gasteiger partial charge in [0.25, 0.3) is 5.89 Å². The topological polar surface area (TPSA) is 74.2 Å². The summed E-state index contributed by atoms with van der Waals surface area (Å²) in [6.07, 6.45) is 2.32. The van der Waals surface area contributed by atoms with Crippen LogP contribution in [0.15, 0.2) is 28.8 Å². The Labute approximate surface area is 134 Å². The zero-order valence-corrected chi connectivity index (χ0v) is 12.9. The lowest BCUT2D eigenvalue weighted by Crippen LogP contribution is -2.18. The van der Waals surface area contributed by atoms with Crippen LogP contribution in [0.1, 0.15) is 36.2 Å². The average Bonchev–Trinajstić information content (AvgIpc) is 3.10. The number of ether oxygens (including phenoxy) is 1. The maximum atomic E-state index is 6.12. The van der Waals surface area contributed by atoms with Crippen LogP contribution in [-0.4, -0.2) is 22.8 Å². The molecule has 3 rings (SSSR count). The van der Waals surface area contributed by atoms with E-state index in [0.29, 0.717) is 29.7 Å². The molecule has 2 aromatic rings. The molecule has 114 valence electrons. The van der Waals surface area contributed by atoms with Gasteiger partial charge in [0.05, 0.1) is 6.10 Å². The number of rotatable bonds is 4. The number of hydrogen-bond donors (Lipinski definition) is 1. The van der Waals surface area contributed by atoms with Crippen molar-refractivity contribution < 1.29 is 9.26 Å². The Morgan fingerprint density at radius 3 is 2.81 bits per heavy atom. The van der Waals surface area contributed by atoms with Crippen LogP contribution in [0.25, 0.3) is 0 Å². The van der Waals surface area contributed by atoms with Gasteiger partial charge in [-0.05, 0) is 24.5 Å². The summed E-state index contributed by atoms with van der Waals surface area (Å²) in [4.78, 5) is 4.40. The molecule has 0 bridgehead atoms. The number of hydrogen-bond acceptors (Lipinski definition) is 5. The number of benzene rings is 1. The Morgan fingerprint density at radius 2 is 2.10 bits per heavy atom. The molecule has 1 saturated heterocycles. The molecule has 0 saturated carbocycles. The third-order valence-electron chi connectivity index (χ3n) is 3.44. The van der Waals surface area contributed by atoms with E-state index in [1.54, 1.807) is 0 Å². The molecule has 7 heteroatoms. The molecule has 0 spiro atoms. The minimum Gasteiger partial charge on any atom is -0.364 e. The van der Waals surface area contributed by atoms with Gasteiger partial charge in [-0.15, -0.1) is 12.4 Å². The van der Waals surface area contributed by atoms with Crippen molar-refractivity contribution in [1.29, 1.82) is 0 Å². The van der Waals surface area contributed by atoms with Gasteiger partial charge < -0.3 is 15.0 Å². The van der Waals surface area contributed by atoms with E-state index in [4.69, 9.17) is 26.6 Å². The molecule has 0 radical (unpaired) electrons. The van der Waals surface area contributed by atoms with Crippen molar-refractivity contribution in [3.63, 3.8) is 0 Å². The summed E-state index contributed by atoms with van der Waals surface area (Å²) < 4.78 is 11.0. The molecule has 0 amide bonds. The molecule has 1 aliphatic heterocycles. The molecule has 21 heavy (non-hydrogen) atoms. The van der Waals surface area contributed by atoms with Crippen LogP contribution in [0.5, 0.6) is 0 Å². The van der Waals surface area contributed by atoms with Crippen LogP contribution in [-0.2, 0) is 11.2 Å². The lowest BCUT2D eigenvalue weighted by molar-refractivity contribution is 0.0307. The molecular weight excluding hydrogens is 313 g/mol. The number of nitrogens with zero attached hydrogens (tertiary/aromatic N) is 2. The second kappa shape index (κ2) is 7.22. The zero-order valence-electron chi connectivity index (χ0n) is 11.4. The van der Waals surface area contributed by atoms with E-state index in [1.807, 2.05) is 24.3 Å². The van der Waals surface area contributed by atoms with E-state index in [-0.39, 0.29) is 24.6 Å². The van der Waals surface area contributed by atoms with Crippen molar-refractivity contribution in [2.75, 3.05) is 6.54 Å². The lowest BCUT2D eigenvalue weighted by Gasteiger charge is -2.07.